The van der Waals surface area contributed by atoms with Crippen molar-refractivity contribution in [2.75, 3.05) is 29.9 Å². The molecule has 1 fully saturated rings. The van der Waals surface area contributed by atoms with Gasteiger partial charge < -0.3 is 29.9 Å². The van der Waals surface area contributed by atoms with Crippen molar-refractivity contribution >= 4 is 28.1 Å². The fourth-order valence-corrected chi connectivity index (χ4v) is 5.24. The molecule has 0 aliphatic carbocycles. The first kappa shape index (κ1) is 23.0. The predicted molar refractivity (Wildman–Crippen MR) is 142 cm³/mol. The Bertz CT molecular complexity index is 1410. The summed E-state index contributed by atoms with van der Waals surface area (Å²) in [6, 6.07) is 12.6. The van der Waals surface area contributed by atoms with Crippen molar-refractivity contribution in [2.24, 2.45) is 7.05 Å². The lowest BCUT2D eigenvalue weighted by atomic mass is 9.99. The van der Waals surface area contributed by atoms with Crippen LogP contribution in [0.4, 0.5) is 17.2 Å². The van der Waals surface area contributed by atoms with E-state index in [1.54, 1.807) is 13.8 Å². The molecule has 0 amide bonds. The Morgan fingerprint density at radius 2 is 1.94 bits per heavy atom. The van der Waals surface area contributed by atoms with Gasteiger partial charge in [-0.2, -0.15) is 0 Å². The first-order chi connectivity index (χ1) is 17.4. The topological polar surface area (TPSA) is 87.5 Å². The van der Waals surface area contributed by atoms with Crippen LogP contribution < -0.4 is 15.5 Å². The molecule has 0 saturated carbocycles. The monoisotopic (exact) mass is 484 g/mol. The molecule has 186 valence electrons. The molecule has 1 saturated heterocycles. The lowest BCUT2D eigenvalue weighted by Crippen LogP contribution is -2.52. The lowest BCUT2D eigenvalue weighted by molar-refractivity contribution is -0.0928. The van der Waals surface area contributed by atoms with Gasteiger partial charge in [0.1, 0.15) is 11.9 Å². The molecule has 2 aliphatic heterocycles. The van der Waals surface area contributed by atoms with Gasteiger partial charge in [-0.15, -0.1) is 0 Å². The number of nitrogens with one attached hydrogen (secondary N) is 2. The van der Waals surface area contributed by atoms with E-state index in [0.717, 1.165) is 48.1 Å². The van der Waals surface area contributed by atoms with Crippen LogP contribution in [0.25, 0.3) is 22.2 Å². The van der Waals surface area contributed by atoms with Crippen LogP contribution in [0.3, 0.4) is 0 Å². The summed E-state index contributed by atoms with van der Waals surface area (Å²) in [5.41, 5.74) is 7.00. The smallest absolute Gasteiger partial charge is 0.130 e. The van der Waals surface area contributed by atoms with Gasteiger partial charge in [0.05, 0.1) is 41.7 Å². The highest BCUT2D eigenvalue weighted by Gasteiger charge is 2.32. The highest BCUT2D eigenvalue weighted by Crippen LogP contribution is 2.36. The Balaban J connectivity index is 1.25. The van der Waals surface area contributed by atoms with E-state index in [4.69, 9.17) is 9.72 Å². The fourth-order valence-electron chi connectivity index (χ4n) is 5.24. The summed E-state index contributed by atoms with van der Waals surface area (Å²) >= 11 is 0. The number of hydrogen-bond acceptors (Lipinski definition) is 7. The van der Waals surface area contributed by atoms with Crippen molar-refractivity contribution in [3.05, 3.63) is 66.1 Å². The van der Waals surface area contributed by atoms with Crippen molar-refractivity contribution in [3.63, 3.8) is 0 Å². The van der Waals surface area contributed by atoms with Gasteiger partial charge in [-0.1, -0.05) is 12.1 Å². The molecule has 36 heavy (non-hydrogen) atoms. The van der Waals surface area contributed by atoms with E-state index in [-0.39, 0.29) is 6.10 Å². The fraction of sp³-hybridized carbons (Fsp3) is 0.357. The number of nitrogens with zero attached hydrogens (tertiary/aromatic N) is 4. The summed E-state index contributed by atoms with van der Waals surface area (Å²) in [4.78, 5) is 11.8. The summed E-state index contributed by atoms with van der Waals surface area (Å²) in [6.45, 7) is 7.17. The third kappa shape index (κ3) is 4.11. The molecule has 8 heteroatoms. The number of fused-ring (bicyclic) bond motifs is 2. The minimum Gasteiger partial charge on any atom is -0.388 e. The van der Waals surface area contributed by atoms with Crippen molar-refractivity contribution in [1.82, 2.24) is 19.9 Å². The molecule has 5 heterocycles. The van der Waals surface area contributed by atoms with Crippen molar-refractivity contribution in [2.45, 2.75) is 38.6 Å². The third-order valence-electron chi connectivity index (χ3n) is 7.31. The number of pyridine rings is 2. The number of aliphatic hydroxyl groups is 1. The standard InChI is InChI=1S/C28H32N6O2/c1-28(2,35)25-17-34(11-12-36-25)18-7-8-26(30-13-18)32-23-16-31-27(22-15-29-14-21(22)23)20-5-4-6-24-19(20)9-10-33(24)3/h4-10,13,16,25,29,35H,11-12,14-15,17H2,1-3H3,(H,30,32)/t25-/m0/s1. The first-order valence-corrected chi connectivity index (χ1v) is 12.5. The van der Waals surface area contributed by atoms with Gasteiger partial charge in [0.15, 0.2) is 0 Å². The van der Waals surface area contributed by atoms with Crippen molar-refractivity contribution < 1.29 is 9.84 Å². The summed E-state index contributed by atoms with van der Waals surface area (Å²) in [5, 5.41) is 18.6. The average Bonchev–Trinajstić information content (AvgIpc) is 3.52. The van der Waals surface area contributed by atoms with E-state index in [1.807, 2.05) is 18.5 Å². The van der Waals surface area contributed by atoms with E-state index < -0.39 is 5.60 Å². The largest absolute Gasteiger partial charge is 0.388 e. The normalized spacial score (nSPS) is 18.0. The first-order valence-electron chi connectivity index (χ1n) is 12.5. The zero-order valence-electron chi connectivity index (χ0n) is 21.0. The van der Waals surface area contributed by atoms with E-state index >= 15 is 0 Å². The molecular formula is C28H32N6O2. The molecule has 0 bridgehead atoms. The summed E-state index contributed by atoms with van der Waals surface area (Å²) in [6.07, 6.45) is 5.67. The van der Waals surface area contributed by atoms with E-state index in [2.05, 4.69) is 68.7 Å². The molecule has 4 aromatic rings. The summed E-state index contributed by atoms with van der Waals surface area (Å²) in [7, 11) is 2.07. The van der Waals surface area contributed by atoms with Gasteiger partial charge in [-0.3, -0.25) is 4.98 Å². The van der Waals surface area contributed by atoms with Crippen LogP contribution in [0.2, 0.25) is 0 Å². The molecule has 2 aliphatic rings. The Kier molecular flexibility index (Phi) is 5.67. The van der Waals surface area contributed by atoms with Crippen LogP contribution >= 0.6 is 0 Å². The van der Waals surface area contributed by atoms with Gasteiger partial charge in [0, 0.05) is 55.9 Å². The number of benzene rings is 1. The number of aromatic nitrogens is 3. The van der Waals surface area contributed by atoms with Gasteiger partial charge in [0.2, 0.25) is 0 Å². The molecule has 0 radical (unpaired) electrons. The number of anilines is 3. The second kappa shape index (κ2) is 8.89. The number of morpholine rings is 1. The molecule has 8 nitrogen and oxygen atoms in total. The second-order valence-corrected chi connectivity index (χ2v) is 10.2. The highest BCUT2D eigenvalue weighted by atomic mass is 16.5. The Morgan fingerprint density at radius 1 is 1.08 bits per heavy atom. The number of aryl methyl sites for hydroxylation is 1. The third-order valence-corrected chi connectivity index (χ3v) is 7.31. The Morgan fingerprint density at radius 3 is 2.75 bits per heavy atom. The number of ether oxygens (including phenoxy) is 1. The van der Waals surface area contributed by atoms with Crippen LogP contribution in [0, 0.1) is 0 Å². The van der Waals surface area contributed by atoms with Crippen molar-refractivity contribution in [3.8, 4) is 11.3 Å². The molecule has 6 rings (SSSR count). The number of rotatable bonds is 5. The quantitative estimate of drug-likeness (QED) is 0.395. The molecule has 0 unspecified atom stereocenters. The molecular weight excluding hydrogens is 452 g/mol. The molecule has 1 aromatic carbocycles. The minimum atomic E-state index is -0.882. The maximum Gasteiger partial charge on any atom is 0.130 e. The van der Waals surface area contributed by atoms with E-state index in [9.17, 15) is 5.11 Å². The summed E-state index contributed by atoms with van der Waals surface area (Å²) < 4.78 is 7.91. The van der Waals surface area contributed by atoms with Crippen LogP contribution in [0.1, 0.15) is 25.0 Å². The average molecular weight is 485 g/mol. The van der Waals surface area contributed by atoms with E-state index in [0.29, 0.717) is 13.2 Å². The lowest BCUT2D eigenvalue weighted by Gasteiger charge is -2.39. The maximum absolute atomic E-state index is 10.3. The predicted octanol–water partition coefficient (Wildman–Crippen LogP) is 3.96. The van der Waals surface area contributed by atoms with Crippen LogP contribution in [-0.2, 0) is 24.9 Å². The van der Waals surface area contributed by atoms with Crippen LogP contribution in [-0.4, -0.2) is 51.0 Å². The molecule has 3 aromatic heterocycles. The van der Waals surface area contributed by atoms with Gasteiger partial charge in [-0.25, -0.2) is 4.98 Å². The molecule has 0 spiro atoms. The van der Waals surface area contributed by atoms with E-state index in [1.165, 1.54) is 22.0 Å². The Labute approximate surface area is 210 Å². The van der Waals surface area contributed by atoms with Gasteiger partial charge >= 0.3 is 0 Å². The molecule has 1 atom stereocenters. The van der Waals surface area contributed by atoms with Gasteiger partial charge in [-0.05, 0) is 49.2 Å². The highest BCUT2D eigenvalue weighted by molar-refractivity contribution is 5.95. The van der Waals surface area contributed by atoms with Crippen LogP contribution in [0.5, 0.6) is 0 Å². The van der Waals surface area contributed by atoms with Crippen molar-refractivity contribution in [1.29, 1.82) is 0 Å². The zero-order valence-corrected chi connectivity index (χ0v) is 21.0. The summed E-state index contributed by atoms with van der Waals surface area (Å²) in [5.74, 6) is 0.778. The zero-order chi connectivity index (χ0) is 24.9. The molecule has 3 N–H and O–H groups in total. The van der Waals surface area contributed by atoms with Gasteiger partial charge in [0.25, 0.3) is 0 Å². The maximum atomic E-state index is 10.3. The minimum absolute atomic E-state index is 0.231. The SMILES string of the molecule is Cn1ccc2c(-c3ncc(Nc4ccc(N5CCO[C@H](C(C)(C)O)C5)cn4)c4c3CNC4)cccc21. The number of hydrogen-bond donors (Lipinski definition) is 3. The Hall–Kier alpha value is -3.46. The van der Waals surface area contributed by atoms with Crippen LogP contribution in [0.15, 0.2) is 55.0 Å². The second-order valence-electron chi connectivity index (χ2n) is 10.2.